The topological polar surface area (TPSA) is 12.0 Å². The number of benzene rings is 1. The molecule has 1 N–H and O–H groups in total. The zero-order chi connectivity index (χ0) is 10.8. The molecule has 2 rings (SSSR count). The lowest BCUT2D eigenvalue weighted by Gasteiger charge is -2.28. The maximum Gasteiger partial charge on any atom is 0.0792 e. The molecule has 1 heterocycles. The van der Waals surface area contributed by atoms with E-state index < -0.39 is 0 Å². The number of hydrogen-bond donors (Lipinski definition) is 1. The Kier molecular flexibility index (Phi) is 3.83. The second-order valence-electron chi connectivity index (χ2n) is 3.81. The molecule has 0 aliphatic carbocycles. The quantitative estimate of drug-likeness (QED) is 0.817. The first-order valence-corrected chi connectivity index (χ1v) is 6.79. The molecule has 1 aliphatic heterocycles. The van der Waals surface area contributed by atoms with Gasteiger partial charge < -0.3 is 0 Å². The van der Waals surface area contributed by atoms with Crippen molar-refractivity contribution in [2.45, 2.75) is 24.8 Å². The average Bonchev–Trinajstić information content (AvgIpc) is 2.16. The molecule has 1 aromatic rings. The number of thioether (sulfide) groups is 1. The largest absolute Gasteiger partial charge is 0.299 e. The second-order valence-corrected chi connectivity index (χ2v) is 5.90. The number of nitrogens with one attached hydrogen (secondary N) is 1. The molecule has 1 saturated heterocycles. The Morgan fingerprint density at radius 3 is 2.53 bits per heavy atom. The van der Waals surface area contributed by atoms with E-state index in [1.165, 1.54) is 17.7 Å². The normalized spacial score (nSPS) is 26.6. The van der Waals surface area contributed by atoms with Gasteiger partial charge in [0.2, 0.25) is 0 Å². The summed E-state index contributed by atoms with van der Waals surface area (Å²) in [4.78, 5) is 0. The molecule has 1 fully saturated rings. The second kappa shape index (κ2) is 4.96. The summed E-state index contributed by atoms with van der Waals surface area (Å²) in [5, 5.41) is 5.27. The molecule has 0 amide bonds. The van der Waals surface area contributed by atoms with Crippen LogP contribution in [0.2, 0.25) is 10.0 Å². The highest BCUT2D eigenvalue weighted by Gasteiger charge is 2.20. The van der Waals surface area contributed by atoms with Crippen molar-refractivity contribution >= 4 is 35.0 Å². The summed E-state index contributed by atoms with van der Waals surface area (Å²) >= 11 is 13.9. The van der Waals surface area contributed by atoms with E-state index in [0.29, 0.717) is 21.5 Å². The number of hydrogen-bond acceptors (Lipinski definition) is 2. The summed E-state index contributed by atoms with van der Waals surface area (Å²) in [6.07, 6.45) is 1.22. The van der Waals surface area contributed by atoms with Crippen LogP contribution in [0.5, 0.6) is 0 Å². The zero-order valence-electron chi connectivity index (χ0n) is 8.47. The third-order valence-corrected chi connectivity index (χ3v) is 4.11. The van der Waals surface area contributed by atoms with Gasteiger partial charge in [0, 0.05) is 16.1 Å². The predicted molar refractivity (Wildman–Crippen MR) is 68.9 cm³/mol. The van der Waals surface area contributed by atoms with Crippen LogP contribution < -0.4 is 5.32 Å². The molecule has 82 valence electrons. The Bertz CT molecular complexity index is 336. The van der Waals surface area contributed by atoms with E-state index >= 15 is 0 Å². The third-order valence-electron chi connectivity index (χ3n) is 2.46. The van der Waals surface area contributed by atoms with Gasteiger partial charge >= 0.3 is 0 Å². The molecule has 1 nitrogen and oxygen atoms in total. The van der Waals surface area contributed by atoms with Crippen LogP contribution in [0.4, 0.5) is 0 Å². The van der Waals surface area contributed by atoms with Gasteiger partial charge in [0.25, 0.3) is 0 Å². The van der Waals surface area contributed by atoms with Gasteiger partial charge in [0.05, 0.1) is 5.37 Å². The molecular formula is C11H13Cl2NS. The molecule has 1 aromatic carbocycles. The van der Waals surface area contributed by atoms with E-state index in [2.05, 4.69) is 12.2 Å². The molecular weight excluding hydrogens is 249 g/mol. The van der Waals surface area contributed by atoms with Crippen molar-refractivity contribution in [2.75, 3.05) is 5.75 Å². The van der Waals surface area contributed by atoms with Gasteiger partial charge in [-0.2, -0.15) is 0 Å². The Hall–Kier alpha value is 0.110. The molecule has 0 bridgehead atoms. The Morgan fingerprint density at radius 1 is 1.27 bits per heavy atom. The van der Waals surface area contributed by atoms with E-state index in [1.807, 2.05) is 23.9 Å². The van der Waals surface area contributed by atoms with Crippen LogP contribution in [0.1, 0.15) is 24.3 Å². The van der Waals surface area contributed by atoms with Crippen molar-refractivity contribution in [1.82, 2.24) is 5.32 Å². The van der Waals surface area contributed by atoms with Crippen molar-refractivity contribution < 1.29 is 0 Å². The van der Waals surface area contributed by atoms with Crippen LogP contribution in [0.3, 0.4) is 0 Å². The highest BCUT2D eigenvalue weighted by atomic mass is 35.5. The molecule has 0 radical (unpaired) electrons. The molecule has 1 aliphatic rings. The van der Waals surface area contributed by atoms with Crippen LogP contribution in [0, 0.1) is 0 Å². The van der Waals surface area contributed by atoms with Crippen LogP contribution in [-0.2, 0) is 0 Å². The first-order valence-electron chi connectivity index (χ1n) is 4.99. The molecule has 0 saturated carbocycles. The minimum absolute atomic E-state index is 0.324. The molecule has 2 atom stereocenters. The Morgan fingerprint density at radius 2 is 1.93 bits per heavy atom. The van der Waals surface area contributed by atoms with Crippen molar-refractivity contribution in [2.24, 2.45) is 0 Å². The summed E-state index contributed by atoms with van der Waals surface area (Å²) in [5.41, 5.74) is 1.17. The smallest absolute Gasteiger partial charge is 0.0792 e. The van der Waals surface area contributed by atoms with Gasteiger partial charge in [0.1, 0.15) is 0 Å². The van der Waals surface area contributed by atoms with Crippen molar-refractivity contribution in [3.05, 3.63) is 33.8 Å². The summed E-state index contributed by atoms with van der Waals surface area (Å²) in [6, 6.07) is 6.30. The summed E-state index contributed by atoms with van der Waals surface area (Å²) < 4.78 is 0. The van der Waals surface area contributed by atoms with Crippen molar-refractivity contribution in [3.8, 4) is 0 Å². The Labute approximate surface area is 105 Å². The highest BCUT2D eigenvalue weighted by Crippen LogP contribution is 2.34. The summed E-state index contributed by atoms with van der Waals surface area (Å²) in [7, 11) is 0. The van der Waals surface area contributed by atoms with E-state index in [0.717, 1.165) is 0 Å². The highest BCUT2D eigenvalue weighted by molar-refractivity contribution is 7.99. The number of rotatable bonds is 1. The lowest BCUT2D eigenvalue weighted by molar-refractivity contribution is 0.512. The van der Waals surface area contributed by atoms with Crippen LogP contribution in [0.15, 0.2) is 18.2 Å². The van der Waals surface area contributed by atoms with Crippen LogP contribution >= 0.6 is 35.0 Å². The lowest BCUT2D eigenvalue weighted by Crippen LogP contribution is -2.33. The van der Waals surface area contributed by atoms with Crippen molar-refractivity contribution in [3.63, 3.8) is 0 Å². The molecule has 15 heavy (non-hydrogen) atoms. The minimum Gasteiger partial charge on any atom is -0.299 e. The fraction of sp³-hybridized carbons (Fsp3) is 0.455. The monoisotopic (exact) mass is 261 g/mol. The van der Waals surface area contributed by atoms with Crippen molar-refractivity contribution in [1.29, 1.82) is 0 Å². The SMILES string of the molecule is CC1CCSC(c2cc(Cl)cc(Cl)c2)N1. The van der Waals surface area contributed by atoms with Gasteiger partial charge in [-0.15, -0.1) is 11.8 Å². The maximum absolute atomic E-state index is 5.98. The minimum atomic E-state index is 0.324. The standard InChI is InChI=1S/C11H13Cl2NS/c1-7-2-3-15-11(14-7)8-4-9(12)6-10(13)5-8/h4-7,11,14H,2-3H2,1H3. The van der Waals surface area contributed by atoms with E-state index in [9.17, 15) is 0 Å². The van der Waals surface area contributed by atoms with E-state index in [-0.39, 0.29) is 0 Å². The van der Waals surface area contributed by atoms with E-state index in [1.54, 1.807) is 6.07 Å². The zero-order valence-corrected chi connectivity index (χ0v) is 10.8. The summed E-state index contributed by atoms with van der Waals surface area (Å²) in [5.74, 6) is 1.18. The van der Waals surface area contributed by atoms with Crippen LogP contribution in [0.25, 0.3) is 0 Å². The first kappa shape index (κ1) is 11.6. The first-order chi connectivity index (χ1) is 7.15. The average molecular weight is 262 g/mol. The van der Waals surface area contributed by atoms with Gasteiger partial charge in [0.15, 0.2) is 0 Å². The molecule has 0 aromatic heterocycles. The fourth-order valence-electron chi connectivity index (χ4n) is 1.67. The molecule has 0 spiro atoms. The predicted octanol–water partition coefficient (Wildman–Crippen LogP) is 4.11. The molecule has 2 unspecified atom stereocenters. The fourth-order valence-corrected chi connectivity index (χ4v) is 3.60. The van der Waals surface area contributed by atoms with Crippen LogP contribution in [-0.4, -0.2) is 11.8 Å². The Balaban J connectivity index is 2.20. The van der Waals surface area contributed by atoms with Gasteiger partial charge in [-0.3, -0.25) is 5.32 Å². The number of halogens is 2. The van der Waals surface area contributed by atoms with Gasteiger partial charge in [-0.25, -0.2) is 0 Å². The van der Waals surface area contributed by atoms with E-state index in [4.69, 9.17) is 23.2 Å². The third kappa shape index (κ3) is 3.04. The maximum atomic E-state index is 5.98. The molecule has 4 heteroatoms. The van der Waals surface area contributed by atoms with Gasteiger partial charge in [-0.05, 0) is 42.9 Å². The summed E-state index contributed by atoms with van der Waals surface area (Å²) in [6.45, 7) is 2.21. The van der Waals surface area contributed by atoms with Gasteiger partial charge in [-0.1, -0.05) is 23.2 Å². The lowest BCUT2D eigenvalue weighted by atomic mass is 10.2.